The van der Waals surface area contributed by atoms with E-state index in [1.165, 1.54) is 95.2 Å². The van der Waals surface area contributed by atoms with Crippen molar-refractivity contribution in [1.82, 2.24) is 4.57 Å². The molecule has 12 rings (SSSR count). The van der Waals surface area contributed by atoms with Crippen LogP contribution >= 0.6 is 0 Å². The lowest BCUT2D eigenvalue weighted by molar-refractivity contribution is 0.332. The average molecular weight is 876 g/mol. The van der Waals surface area contributed by atoms with Gasteiger partial charge in [0.15, 0.2) is 0 Å². The maximum Gasteiger partial charge on any atom is 0.252 e. The molecule has 2 aliphatic heterocycles. The number of hydrogen-bond donors (Lipinski definition) is 0. The quantitative estimate of drug-likeness (QED) is 0.165. The Morgan fingerprint density at radius 3 is 1.78 bits per heavy atom. The summed E-state index contributed by atoms with van der Waals surface area (Å²) in [6.45, 7) is 28.2. The molecular formula is C62H62BN3O. The first-order chi connectivity index (χ1) is 31.8. The Morgan fingerprint density at radius 2 is 1.13 bits per heavy atom. The number of para-hydroxylation sites is 2. The van der Waals surface area contributed by atoms with Gasteiger partial charge in [0.05, 0.1) is 10.9 Å². The highest BCUT2D eigenvalue weighted by atomic mass is 16.3. The molecule has 3 aliphatic rings. The van der Waals surface area contributed by atoms with Crippen LogP contribution in [0.25, 0.3) is 38.7 Å². The van der Waals surface area contributed by atoms with Gasteiger partial charge in [-0.05, 0) is 159 Å². The van der Waals surface area contributed by atoms with Gasteiger partial charge >= 0.3 is 0 Å². The van der Waals surface area contributed by atoms with Crippen LogP contribution in [0.4, 0.5) is 34.1 Å². The number of aromatic nitrogens is 1. The van der Waals surface area contributed by atoms with Crippen LogP contribution in [0.5, 0.6) is 0 Å². The summed E-state index contributed by atoms with van der Waals surface area (Å²) in [6, 6.07) is 51.3. The second-order valence-electron chi connectivity index (χ2n) is 23.5. The fourth-order valence-electron chi connectivity index (χ4n) is 12.0. The number of anilines is 6. The Bertz CT molecular complexity index is 3460. The lowest BCUT2D eigenvalue weighted by Gasteiger charge is -2.45. The molecule has 2 aromatic heterocycles. The van der Waals surface area contributed by atoms with E-state index in [0.717, 1.165) is 40.2 Å². The smallest absolute Gasteiger partial charge is 0.252 e. The zero-order chi connectivity index (χ0) is 46.7. The Labute approximate surface area is 397 Å². The number of furan rings is 1. The molecule has 0 spiro atoms. The molecule has 0 N–H and O–H groups in total. The highest BCUT2D eigenvalue weighted by Gasteiger charge is 2.45. The lowest BCUT2D eigenvalue weighted by atomic mass is 9.33. The van der Waals surface area contributed by atoms with E-state index in [1.54, 1.807) is 0 Å². The first kappa shape index (κ1) is 41.9. The second kappa shape index (κ2) is 14.0. The summed E-state index contributed by atoms with van der Waals surface area (Å²) >= 11 is 0. The molecule has 9 aromatic rings. The predicted molar refractivity (Wildman–Crippen MR) is 287 cm³/mol. The normalized spacial score (nSPS) is 15.8. The number of benzene rings is 7. The standard InChI is InChI=1S/C62H62BN3O/c1-37-32-52-56-53(33-37)66-57-45(55-44-16-13-14-19-54(44)67-58(55)66)17-15-18-49(57)63(56)48-29-28-43(35-51(48)65(52)50-36-47-46(34-38(50)2)61(9,10)30-31-62(47,11)12)64(41-24-20-39(21-25-41)59(3,4)5)42-26-22-40(23-27-42)60(6,7)8/h13-29,32-36H,30-31H2,1-12H3. The second-order valence-corrected chi connectivity index (χ2v) is 23.5. The Morgan fingerprint density at radius 1 is 0.552 bits per heavy atom. The van der Waals surface area contributed by atoms with E-state index in [9.17, 15) is 0 Å². The summed E-state index contributed by atoms with van der Waals surface area (Å²) in [6.07, 6.45) is 2.34. The molecule has 0 bridgehead atoms. The van der Waals surface area contributed by atoms with Gasteiger partial charge in [0.2, 0.25) is 5.71 Å². The van der Waals surface area contributed by atoms with Crippen molar-refractivity contribution < 1.29 is 4.42 Å². The van der Waals surface area contributed by atoms with E-state index in [-0.39, 0.29) is 28.4 Å². The number of aryl methyl sites for hydroxylation is 2. The summed E-state index contributed by atoms with van der Waals surface area (Å²) < 4.78 is 9.35. The van der Waals surface area contributed by atoms with Gasteiger partial charge in [-0.3, -0.25) is 4.57 Å². The molecule has 0 unspecified atom stereocenters. The highest BCUT2D eigenvalue weighted by molar-refractivity contribution is 7.00. The van der Waals surface area contributed by atoms with Crippen molar-refractivity contribution in [2.45, 2.75) is 118 Å². The van der Waals surface area contributed by atoms with Crippen LogP contribution in [0.2, 0.25) is 0 Å². The summed E-state index contributed by atoms with van der Waals surface area (Å²) in [7, 11) is 0. The fraction of sp³-hybridized carbons (Fsp3) is 0.290. The molecule has 1 aliphatic carbocycles. The third kappa shape index (κ3) is 6.19. The topological polar surface area (TPSA) is 24.6 Å². The van der Waals surface area contributed by atoms with Gasteiger partial charge in [-0.15, -0.1) is 0 Å². The van der Waals surface area contributed by atoms with Gasteiger partial charge in [0.25, 0.3) is 6.71 Å². The largest absolute Gasteiger partial charge is 0.439 e. The van der Waals surface area contributed by atoms with Crippen LogP contribution in [0.15, 0.2) is 138 Å². The van der Waals surface area contributed by atoms with E-state index in [4.69, 9.17) is 4.42 Å². The molecular weight excluding hydrogens is 814 g/mol. The number of fused-ring (bicyclic) bond motifs is 10. The van der Waals surface area contributed by atoms with Gasteiger partial charge in [-0.1, -0.05) is 142 Å². The van der Waals surface area contributed by atoms with Crippen molar-refractivity contribution >= 4 is 90.2 Å². The summed E-state index contributed by atoms with van der Waals surface area (Å²) in [4.78, 5) is 5.11. The van der Waals surface area contributed by atoms with E-state index in [1.807, 2.05) is 0 Å². The molecule has 0 radical (unpaired) electrons. The maximum atomic E-state index is 6.90. The number of hydrogen-bond acceptors (Lipinski definition) is 3. The molecule has 0 saturated heterocycles. The summed E-state index contributed by atoms with van der Waals surface area (Å²) in [5.41, 5.74) is 23.7. The Balaban J connectivity index is 1.16. The highest BCUT2D eigenvalue weighted by Crippen LogP contribution is 2.51. The molecule has 0 fully saturated rings. The minimum Gasteiger partial charge on any atom is -0.439 e. The Hall–Kier alpha value is -6.46. The van der Waals surface area contributed by atoms with Crippen LogP contribution in [0, 0.1) is 13.8 Å². The van der Waals surface area contributed by atoms with Crippen molar-refractivity contribution in [3.63, 3.8) is 0 Å². The molecule has 7 aromatic carbocycles. The van der Waals surface area contributed by atoms with E-state index >= 15 is 0 Å². The van der Waals surface area contributed by atoms with Gasteiger partial charge in [-0.25, -0.2) is 0 Å². The monoisotopic (exact) mass is 875 g/mol. The minimum atomic E-state index is 0.00580. The average Bonchev–Trinajstić information content (AvgIpc) is 3.82. The lowest BCUT2D eigenvalue weighted by Crippen LogP contribution is -2.60. The fourth-order valence-corrected chi connectivity index (χ4v) is 12.0. The van der Waals surface area contributed by atoms with Crippen molar-refractivity contribution in [3.05, 3.63) is 167 Å². The molecule has 4 nitrogen and oxygen atoms in total. The SMILES string of the molecule is Cc1cc2c3c(c1)-n1c4oc5ccccc5c4c4cccc(c41)B3c1ccc(N(c3ccc(C(C)(C)C)cc3)c3ccc(C(C)(C)C)cc3)cc1N2c1cc2c(cc1C)C(C)(C)CCC2(C)C. The van der Waals surface area contributed by atoms with Gasteiger partial charge in [-0.2, -0.15) is 0 Å². The van der Waals surface area contributed by atoms with Crippen LogP contribution in [0.3, 0.4) is 0 Å². The van der Waals surface area contributed by atoms with Crippen molar-refractivity contribution in [2.24, 2.45) is 0 Å². The molecule has 0 amide bonds. The first-order valence-electron chi connectivity index (χ1n) is 24.5. The van der Waals surface area contributed by atoms with Crippen LogP contribution in [-0.2, 0) is 21.7 Å². The molecule has 67 heavy (non-hydrogen) atoms. The van der Waals surface area contributed by atoms with E-state index in [2.05, 4.69) is 231 Å². The van der Waals surface area contributed by atoms with Crippen LogP contribution in [0.1, 0.15) is 115 Å². The number of rotatable bonds is 4. The van der Waals surface area contributed by atoms with Crippen LogP contribution < -0.4 is 26.2 Å². The zero-order valence-electron chi connectivity index (χ0n) is 41.4. The molecule has 5 heteroatoms. The summed E-state index contributed by atoms with van der Waals surface area (Å²) in [5.74, 6) is 0. The van der Waals surface area contributed by atoms with Crippen LogP contribution in [-0.4, -0.2) is 11.3 Å². The van der Waals surface area contributed by atoms with E-state index < -0.39 is 0 Å². The van der Waals surface area contributed by atoms with Gasteiger partial charge < -0.3 is 14.2 Å². The third-order valence-corrected chi connectivity index (χ3v) is 15.9. The minimum absolute atomic E-state index is 0.00580. The summed E-state index contributed by atoms with van der Waals surface area (Å²) in [5, 5.41) is 3.59. The van der Waals surface area contributed by atoms with Gasteiger partial charge in [0.1, 0.15) is 5.58 Å². The predicted octanol–water partition coefficient (Wildman–Crippen LogP) is 15.2. The van der Waals surface area contributed by atoms with Crippen molar-refractivity contribution in [2.75, 3.05) is 9.80 Å². The molecule has 0 atom stereocenters. The first-order valence-corrected chi connectivity index (χ1v) is 24.5. The third-order valence-electron chi connectivity index (χ3n) is 15.9. The number of nitrogens with zero attached hydrogens (tertiary/aromatic N) is 3. The van der Waals surface area contributed by atoms with Gasteiger partial charge in [0, 0.05) is 50.6 Å². The zero-order valence-corrected chi connectivity index (χ0v) is 41.4. The maximum absolute atomic E-state index is 6.90. The molecule has 4 heterocycles. The molecule has 334 valence electrons. The van der Waals surface area contributed by atoms with Crippen molar-refractivity contribution in [3.8, 4) is 5.69 Å². The molecule has 0 saturated carbocycles. The van der Waals surface area contributed by atoms with Crippen molar-refractivity contribution in [1.29, 1.82) is 0 Å². The Kier molecular flexibility index (Phi) is 8.79. The van der Waals surface area contributed by atoms with E-state index in [0.29, 0.717) is 0 Å².